The Labute approximate surface area is 337 Å². The minimum Gasteiger partial charge on any atom is -0.495 e. The molecule has 56 heavy (non-hydrogen) atoms. The first-order valence-corrected chi connectivity index (χ1v) is 21.7. The Morgan fingerprint density at radius 1 is 1.11 bits per heavy atom. The number of fused-ring (bicyclic) bond motifs is 3. The number of halogens is 1. The van der Waals surface area contributed by atoms with Crippen LogP contribution in [0.3, 0.4) is 0 Å². The number of amides is 3. The Bertz CT molecular complexity index is 2010. The fraction of sp³-hybridized carbons (Fsp3) is 0.625. The lowest BCUT2D eigenvalue weighted by atomic mass is 9.91. The van der Waals surface area contributed by atoms with E-state index in [0.717, 1.165) is 12.8 Å². The van der Waals surface area contributed by atoms with Crippen molar-refractivity contribution in [2.24, 2.45) is 11.3 Å². The number of sulfonamides is 1. The maximum Gasteiger partial charge on any atom is 0.408 e. The number of aromatic nitrogens is 1. The van der Waals surface area contributed by atoms with E-state index in [0.29, 0.717) is 77.9 Å². The van der Waals surface area contributed by atoms with Gasteiger partial charge in [-0.3, -0.25) is 19.1 Å². The molecule has 1 saturated heterocycles. The summed E-state index contributed by atoms with van der Waals surface area (Å²) in [5, 5.41) is 3.41. The van der Waals surface area contributed by atoms with Gasteiger partial charge in [0, 0.05) is 24.3 Å². The maximum atomic E-state index is 14.6. The van der Waals surface area contributed by atoms with Crippen LogP contribution in [0.4, 0.5) is 4.79 Å². The van der Waals surface area contributed by atoms with Crippen LogP contribution >= 0.6 is 15.9 Å². The van der Waals surface area contributed by atoms with E-state index >= 15 is 0 Å². The molecule has 2 aliphatic heterocycles. The number of alkyl carbamates (subject to hydrolysis) is 1. The van der Waals surface area contributed by atoms with Crippen LogP contribution < -0.4 is 24.2 Å². The predicted molar refractivity (Wildman–Crippen MR) is 212 cm³/mol. The zero-order valence-electron chi connectivity index (χ0n) is 32.9. The third kappa shape index (κ3) is 8.95. The van der Waals surface area contributed by atoms with Gasteiger partial charge >= 0.3 is 6.09 Å². The van der Waals surface area contributed by atoms with Gasteiger partial charge in [0.05, 0.1) is 46.5 Å². The Hall–Kier alpha value is -3.92. The molecule has 1 aromatic heterocycles. The van der Waals surface area contributed by atoms with E-state index in [1.165, 1.54) is 4.90 Å². The largest absolute Gasteiger partial charge is 0.495 e. The molecule has 6 rings (SSSR count). The molecule has 14 nitrogen and oxygen atoms in total. The number of ketones is 1. The Morgan fingerprint density at radius 2 is 1.86 bits per heavy atom. The number of Topliss-reactive ketones (excluding diaryl/α,β-unsaturated/α-hetero) is 1. The second-order valence-electron chi connectivity index (χ2n) is 16.6. The van der Waals surface area contributed by atoms with E-state index in [9.17, 15) is 27.6 Å². The number of ether oxygens (including phenoxy) is 4. The average Bonchev–Trinajstić information content (AvgIpc) is 4.00. The van der Waals surface area contributed by atoms with Crippen molar-refractivity contribution >= 4 is 60.5 Å². The summed E-state index contributed by atoms with van der Waals surface area (Å²) in [5.41, 5.74) is -1.56. The third-order valence-electron chi connectivity index (χ3n) is 11.2. The zero-order chi connectivity index (χ0) is 40.6. The minimum absolute atomic E-state index is 0.00209. The van der Waals surface area contributed by atoms with Crippen LogP contribution in [0.5, 0.6) is 17.4 Å². The molecule has 2 aliphatic carbocycles. The fourth-order valence-electron chi connectivity index (χ4n) is 7.58. The number of methoxy groups -OCH3 is 1. The van der Waals surface area contributed by atoms with Gasteiger partial charge in [-0.2, -0.15) is 0 Å². The molecule has 2 saturated carbocycles. The molecule has 0 unspecified atom stereocenters. The first-order valence-electron chi connectivity index (χ1n) is 19.4. The summed E-state index contributed by atoms with van der Waals surface area (Å²) >= 11 is 3.59. The Balaban J connectivity index is 1.35. The number of nitrogens with one attached hydrogen (secondary N) is 2. The monoisotopic (exact) mass is 860 g/mol. The molecule has 2 N–H and O–H groups in total. The summed E-state index contributed by atoms with van der Waals surface area (Å²) in [5.74, 6) is -0.612. The summed E-state index contributed by atoms with van der Waals surface area (Å²) < 4.78 is 51.7. The molecule has 306 valence electrons. The highest BCUT2D eigenvalue weighted by Crippen LogP contribution is 2.57. The third-order valence-corrected chi connectivity index (χ3v) is 14.1. The van der Waals surface area contributed by atoms with Crippen LogP contribution in [0, 0.1) is 11.3 Å². The summed E-state index contributed by atoms with van der Waals surface area (Å²) in [6, 6.07) is 3.22. The molecule has 4 aliphatic rings. The highest BCUT2D eigenvalue weighted by atomic mass is 79.9. The summed E-state index contributed by atoms with van der Waals surface area (Å²) in [4.78, 5) is 62.3. The summed E-state index contributed by atoms with van der Waals surface area (Å²) in [6.07, 6.45) is 6.71. The number of carbonyl (C=O) groups excluding carboxylic acids is 4. The highest BCUT2D eigenvalue weighted by Gasteiger charge is 2.62. The van der Waals surface area contributed by atoms with Crippen molar-refractivity contribution in [1.82, 2.24) is 19.9 Å². The van der Waals surface area contributed by atoms with Crippen LogP contribution in [-0.2, 0) is 29.1 Å². The number of allylic oxidation sites excluding steroid dienone is 2. The standard InChI is InChI=1S/C40H53BrN4O10S/c1-7-53-32-20-31(26-15-16-30(52-6)33(41)34(26)43-32)54-25-19-28-29(46)22-40(36(48)44-56(50,51)39(5)17-18-39)21-24(40)13-11-9-8-10-12-14-27(35(47)45(28)23-25)42-37(49)55-38(2,3)4/h11,13,15-16,20,24-25,27-28H,7-10,12,14,17-19,21-23H2,1-6H3,(H,42,49)(H,44,48)/b13-11-/t24-,25-,27+,28+,40-/m1/s1. The van der Waals surface area contributed by atoms with Crippen LogP contribution in [0.15, 0.2) is 34.8 Å². The van der Waals surface area contributed by atoms with Gasteiger partial charge in [0.2, 0.25) is 27.7 Å². The second kappa shape index (κ2) is 16.1. The lowest BCUT2D eigenvalue weighted by Crippen LogP contribution is -2.53. The maximum absolute atomic E-state index is 14.6. The van der Waals surface area contributed by atoms with Gasteiger partial charge in [-0.1, -0.05) is 25.0 Å². The molecule has 5 atom stereocenters. The van der Waals surface area contributed by atoms with Crippen LogP contribution in [-0.4, -0.2) is 90.8 Å². The van der Waals surface area contributed by atoms with Crippen LogP contribution in [0.25, 0.3) is 10.9 Å². The van der Waals surface area contributed by atoms with Gasteiger partial charge in [-0.25, -0.2) is 18.2 Å². The van der Waals surface area contributed by atoms with E-state index in [2.05, 4.69) is 31.0 Å². The highest BCUT2D eigenvalue weighted by molar-refractivity contribution is 9.10. The molecule has 3 fully saturated rings. The summed E-state index contributed by atoms with van der Waals surface area (Å²) in [6.45, 7) is 8.99. The van der Waals surface area contributed by atoms with Gasteiger partial charge < -0.3 is 29.2 Å². The normalized spacial score (nSPS) is 27.2. The minimum atomic E-state index is -3.96. The first kappa shape index (κ1) is 41.7. The van der Waals surface area contributed by atoms with E-state index < -0.39 is 67.7 Å². The molecular formula is C40H53BrN4O10S. The van der Waals surface area contributed by atoms with Crippen molar-refractivity contribution in [2.75, 3.05) is 20.3 Å². The molecule has 0 radical (unpaired) electrons. The smallest absolute Gasteiger partial charge is 0.408 e. The SMILES string of the molecule is CCOc1cc(O[C@@H]2C[C@H]3C(=O)C[C@]4(C(=O)NS(=O)(=O)C5(C)CC5)C[C@H]4/C=C\CCCCC[C@H](NC(=O)OC(C)(C)C)C(=O)N3C2)c2ccc(OC)c(Br)c2n1. The lowest BCUT2D eigenvalue weighted by Gasteiger charge is -2.30. The first-order chi connectivity index (χ1) is 26.4. The molecule has 0 bridgehead atoms. The molecule has 3 amide bonds. The van der Waals surface area contributed by atoms with Gasteiger partial charge in [0.15, 0.2) is 5.78 Å². The quantitative estimate of drug-likeness (QED) is 0.277. The summed E-state index contributed by atoms with van der Waals surface area (Å²) in [7, 11) is -2.41. The second-order valence-corrected chi connectivity index (χ2v) is 19.6. The Kier molecular flexibility index (Phi) is 12.0. The zero-order valence-corrected chi connectivity index (χ0v) is 35.3. The fourth-order valence-corrected chi connectivity index (χ4v) is 9.51. The van der Waals surface area contributed by atoms with E-state index in [1.807, 2.05) is 25.1 Å². The van der Waals surface area contributed by atoms with Crippen molar-refractivity contribution < 1.29 is 46.5 Å². The predicted octanol–water partition coefficient (Wildman–Crippen LogP) is 6.13. The molecular weight excluding hydrogens is 808 g/mol. The lowest BCUT2D eigenvalue weighted by molar-refractivity contribution is -0.140. The molecule has 0 spiro atoms. The van der Waals surface area contributed by atoms with Crippen molar-refractivity contribution in [2.45, 2.75) is 127 Å². The number of benzene rings is 1. The van der Waals surface area contributed by atoms with Crippen LogP contribution in [0.2, 0.25) is 0 Å². The number of nitrogens with zero attached hydrogens (tertiary/aromatic N) is 2. The molecule has 16 heteroatoms. The van der Waals surface area contributed by atoms with E-state index in [1.54, 1.807) is 46.9 Å². The van der Waals surface area contributed by atoms with Crippen molar-refractivity contribution in [3.63, 3.8) is 0 Å². The number of carbonyl (C=O) groups is 4. The molecule has 3 heterocycles. The van der Waals surface area contributed by atoms with Gasteiger partial charge in [0.1, 0.15) is 29.2 Å². The number of pyridine rings is 1. The number of hydrogen-bond acceptors (Lipinski definition) is 11. The van der Waals surface area contributed by atoms with Gasteiger partial charge in [-0.15, -0.1) is 0 Å². The van der Waals surface area contributed by atoms with Crippen molar-refractivity contribution in [1.29, 1.82) is 0 Å². The number of rotatable bonds is 9. The average molecular weight is 862 g/mol. The van der Waals surface area contributed by atoms with E-state index in [4.69, 9.17) is 18.9 Å². The number of hydrogen-bond donors (Lipinski definition) is 2. The topological polar surface area (TPSA) is 180 Å². The molecule has 1 aromatic carbocycles. The van der Waals surface area contributed by atoms with Crippen molar-refractivity contribution in [3.05, 3.63) is 34.8 Å². The van der Waals surface area contributed by atoms with Gasteiger partial charge in [0.25, 0.3) is 0 Å². The van der Waals surface area contributed by atoms with Gasteiger partial charge in [-0.05, 0) is 107 Å². The van der Waals surface area contributed by atoms with Crippen LogP contribution in [0.1, 0.15) is 98.8 Å². The molecule has 2 aromatic rings. The Morgan fingerprint density at radius 3 is 2.54 bits per heavy atom. The van der Waals surface area contributed by atoms with Crippen molar-refractivity contribution in [3.8, 4) is 17.4 Å². The van der Waals surface area contributed by atoms with E-state index in [-0.39, 0.29) is 25.3 Å².